The number of pyridine rings is 1. The third-order valence-corrected chi connectivity index (χ3v) is 6.03. The molecule has 0 atom stereocenters. The quantitative estimate of drug-likeness (QED) is 0.499. The van der Waals surface area contributed by atoms with Crippen LogP contribution in [0.2, 0.25) is 0 Å². The van der Waals surface area contributed by atoms with Gasteiger partial charge in [-0.3, -0.25) is 14.6 Å². The van der Waals surface area contributed by atoms with Gasteiger partial charge in [-0.25, -0.2) is 0 Å². The Morgan fingerprint density at radius 1 is 0.941 bits per heavy atom. The Morgan fingerprint density at radius 3 is 2.53 bits per heavy atom. The van der Waals surface area contributed by atoms with E-state index in [9.17, 15) is 9.59 Å². The number of aromatic nitrogens is 2. The number of rotatable bonds is 4. The lowest BCUT2D eigenvalue weighted by Crippen LogP contribution is -2.30. The first kappa shape index (κ1) is 21.5. The first-order valence-electron chi connectivity index (χ1n) is 11.1. The molecular weight excluding hydrogens is 426 g/mol. The van der Waals surface area contributed by atoms with Crippen LogP contribution in [-0.2, 0) is 13.1 Å². The fourth-order valence-electron chi connectivity index (χ4n) is 4.27. The average molecular weight is 452 g/mol. The average Bonchev–Trinajstić information content (AvgIpc) is 3.23. The number of hydrogen-bond donors (Lipinski definition) is 1. The maximum atomic E-state index is 13.5. The molecule has 0 unspecified atom stereocenters. The van der Waals surface area contributed by atoms with Crippen LogP contribution in [0.3, 0.4) is 0 Å². The van der Waals surface area contributed by atoms with E-state index in [1.807, 2.05) is 60.4 Å². The van der Waals surface area contributed by atoms with Crippen LogP contribution in [0.4, 0.5) is 17.1 Å². The highest BCUT2D eigenvalue weighted by molar-refractivity contribution is 6.09. The molecular formula is C27H25N5O2. The Balaban J connectivity index is 1.38. The highest BCUT2D eigenvalue weighted by atomic mass is 16.2. The van der Waals surface area contributed by atoms with Crippen LogP contribution in [0.15, 0.2) is 85.3 Å². The summed E-state index contributed by atoms with van der Waals surface area (Å²) < 4.78 is 2.17. The number of hydrogen-bond acceptors (Lipinski definition) is 4. The van der Waals surface area contributed by atoms with Crippen molar-refractivity contribution < 1.29 is 9.59 Å². The molecule has 0 saturated heterocycles. The summed E-state index contributed by atoms with van der Waals surface area (Å²) in [5.41, 5.74) is 5.54. The zero-order valence-corrected chi connectivity index (χ0v) is 19.1. The summed E-state index contributed by atoms with van der Waals surface area (Å²) in [5, 5.41) is 2.90. The molecule has 4 aromatic rings. The molecule has 0 aliphatic carbocycles. The van der Waals surface area contributed by atoms with Crippen LogP contribution in [0, 0.1) is 0 Å². The molecule has 2 aromatic carbocycles. The van der Waals surface area contributed by atoms with Crippen LogP contribution in [-0.4, -0.2) is 35.5 Å². The smallest absolute Gasteiger partial charge is 0.259 e. The Labute approximate surface area is 198 Å². The number of nitrogens with one attached hydrogen (secondary N) is 1. The van der Waals surface area contributed by atoms with Crippen molar-refractivity contribution in [3.05, 3.63) is 108 Å². The van der Waals surface area contributed by atoms with E-state index >= 15 is 0 Å². The summed E-state index contributed by atoms with van der Waals surface area (Å²) in [6, 6.07) is 20.9. The Kier molecular flexibility index (Phi) is 5.59. The second kappa shape index (κ2) is 8.86. The van der Waals surface area contributed by atoms with Crippen LogP contribution in [0.1, 0.15) is 32.0 Å². The molecule has 1 aliphatic rings. The molecule has 7 nitrogen and oxygen atoms in total. The van der Waals surface area contributed by atoms with Crippen molar-refractivity contribution in [3.8, 4) is 0 Å². The Bertz CT molecular complexity index is 1360. The molecule has 0 bridgehead atoms. The molecule has 2 amide bonds. The minimum absolute atomic E-state index is 0.0814. The van der Waals surface area contributed by atoms with E-state index in [4.69, 9.17) is 0 Å². The second-order valence-corrected chi connectivity index (χ2v) is 8.47. The highest BCUT2D eigenvalue weighted by Crippen LogP contribution is 2.29. The first-order chi connectivity index (χ1) is 16.5. The number of para-hydroxylation sites is 1. The largest absolute Gasteiger partial charge is 0.377 e. The van der Waals surface area contributed by atoms with Crippen LogP contribution in [0.5, 0.6) is 0 Å². The molecule has 1 N–H and O–H groups in total. The SMILES string of the molecule is CN(C)c1ccncc1C(=O)Nc1ccc(C(=O)N2Cc3cccn3Cc3ccccc32)cc1. The van der Waals surface area contributed by atoms with Gasteiger partial charge < -0.3 is 19.7 Å². The van der Waals surface area contributed by atoms with E-state index in [1.165, 1.54) is 0 Å². The van der Waals surface area contributed by atoms with Crippen molar-refractivity contribution in [2.45, 2.75) is 13.1 Å². The van der Waals surface area contributed by atoms with Gasteiger partial charge in [0.15, 0.2) is 0 Å². The lowest BCUT2D eigenvalue weighted by molar-refractivity contribution is 0.0983. The van der Waals surface area contributed by atoms with Crippen molar-refractivity contribution >= 4 is 28.9 Å². The third kappa shape index (κ3) is 4.03. The minimum Gasteiger partial charge on any atom is -0.377 e. The number of carbonyl (C=O) groups excluding carboxylic acids is 2. The van der Waals surface area contributed by atoms with Crippen molar-refractivity contribution in [1.29, 1.82) is 0 Å². The maximum Gasteiger partial charge on any atom is 0.259 e. The molecule has 3 heterocycles. The molecule has 0 radical (unpaired) electrons. The number of benzene rings is 2. The van der Waals surface area contributed by atoms with E-state index in [2.05, 4.69) is 20.9 Å². The van der Waals surface area contributed by atoms with Gasteiger partial charge in [0, 0.05) is 61.9 Å². The summed E-state index contributed by atoms with van der Waals surface area (Å²) in [6.07, 6.45) is 5.25. The third-order valence-electron chi connectivity index (χ3n) is 6.03. The van der Waals surface area contributed by atoms with E-state index in [0.717, 1.165) is 29.2 Å². The minimum atomic E-state index is -0.252. The standard InChI is InChI=1S/C27H25N5O2/c1-30(2)25-13-14-28-16-23(25)26(33)29-21-11-9-19(10-12-21)27(34)32-18-22-7-5-15-31(22)17-20-6-3-4-8-24(20)32/h3-16H,17-18H2,1-2H3,(H,29,33). The van der Waals surface area contributed by atoms with Gasteiger partial charge in [0.2, 0.25) is 0 Å². The molecule has 2 aromatic heterocycles. The molecule has 5 rings (SSSR count). The fourth-order valence-corrected chi connectivity index (χ4v) is 4.27. The fraction of sp³-hybridized carbons (Fsp3) is 0.148. The highest BCUT2D eigenvalue weighted by Gasteiger charge is 2.24. The van der Waals surface area contributed by atoms with Crippen molar-refractivity contribution in [2.75, 3.05) is 29.2 Å². The molecule has 34 heavy (non-hydrogen) atoms. The van der Waals surface area contributed by atoms with Gasteiger partial charge in [0.05, 0.1) is 17.8 Å². The normalized spacial score (nSPS) is 12.4. The summed E-state index contributed by atoms with van der Waals surface area (Å²) in [5.74, 6) is -0.333. The summed E-state index contributed by atoms with van der Waals surface area (Å²) >= 11 is 0. The topological polar surface area (TPSA) is 70.5 Å². The molecule has 7 heteroatoms. The molecule has 0 saturated carbocycles. The van der Waals surface area contributed by atoms with Gasteiger partial charge in [0.1, 0.15) is 0 Å². The van der Waals surface area contributed by atoms with Crippen LogP contribution >= 0.6 is 0 Å². The van der Waals surface area contributed by atoms with E-state index in [0.29, 0.717) is 23.4 Å². The van der Waals surface area contributed by atoms with Crippen molar-refractivity contribution in [2.24, 2.45) is 0 Å². The molecule has 0 fully saturated rings. The molecule has 170 valence electrons. The summed E-state index contributed by atoms with van der Waals surface area (Å²) in [7, 11) is 3.76. The van der Waals surface area contributed by atoms with Crippen LogP contribution < -0.4 is 15.1 Å². The monoisotopic (exact) mass is 451 g/mol. The number of anilines is 3. The van der Waals surface area contributed by atoms with Crippen molar-refractivity contribution in [1.82, 2.24) is 9.55 Å². The second-order valence-electron chi connectivity index (χ2n) is 8.47. The molecule has 1 aliphatic heterocycles. The number of carbonyl (C=O) groups is 2. The zero-order valence-electron chi connectivity index (χ0n) is 19.1. The van der Waals surface area contributed by atoms with Gasteiger partial charge >= 0.3 is 0 Å². The Hall–Kier alpha value is -4.39. The lowest BCUT2D eigenvalue weighted by Gasteiger charge is -2.23. The van der Waals surface area contributed by atoms with E-state index in [1.54, 1.807) is 42.7 Å². The first-order valence-corrected chi connectivity index (χ1v) is 11.1. The van der Waals surface area contributed by atoms with E-state index in [-0.39, 0.29) is 11.8 Å². The predicted molar refractivity (Wildman–Crippen MR) is 133 cm³/mol. The zero-order chi connectivity index (χ0) is 23.7. The lowest BCUT2D eigenvalue weighted by atomic mass is 10.1. The molecule has 0 spiro atoms. The van der Waals surface area contributed by atoms with Gasteiger partial charge in [-0.2, -0.15) is 0 Å². The number of fused-ring (bicyclic) bond motifs is 2. The Morgan fingerprint density at radius 2 is 1.74 bits per heavy atom. The van der Waals surface area contributed by atoms with Gasteiger partial charge in [-0.05, 0) is 54.1 Å². The number of nitrogens with zero attached hydrogens (tertiary/aromatic N) is 4. The summed E-state index contributed by atoms with van der Waals surface area (Å²) in [4.78, 5) is 34.1. The van der Waals surface area contributed by atoms with Crippen LogP contribution in [0.25, 0.3) is 0 Å². The maximum absolute atomic E-state index is 13.5. The number of amides is 2. The summed E-state index contributed by atoms with van der Waals surface area (Å²) in [6.45, 7) is 1.23. The van der Waals surface area contributed by atoms with Gasteiger partial charge in [-0.1, -0.05) is 18.2 Å². The van der Waals surface area contributed by atoms with E-state index < -0.39 is 0 Å². The van der Waals surface area contributed by atoms with Gasteiger partial charge in [-0.15, -0.1) is 0 Å². The predicted octanol–water partition coefficient (Wildman–Crippen LogP) is 4.41. The van der Waals surface area contributed by atoms with Crippen molar-refractivity contribution in [3.63, 3.8) is 0 Å². The van der Waals surface area contributed by atoms with Gasteiger partial charge in [0.25, 0.3) is 11.8 Å².